The molecular formula is C18H26N2O. The molecule has 0 aliphatic heterocycles. The Morgan fingerprint density at radius 3 is 2.57 bits per heavy atom. The first-order valence-electron chi connectivity index (χ1n) is 7.68. The van der Waals surface area contributed by atoms with Crippen LogP contribution in [0.25, 0.3) is 0 Å². The summed E-state index contributed by atoms with van der Waals surface area (Å²) in [7, 11) is 0. The van der Waals surface area contributed by atoms with E-state index >= 15 is 0 Å². The topological polar surface area (TPSA) is 27.1 Å². The second kappa shape index (κ2) is 6.33. The van der Waals surface area contributed by atoms with Crippen molar-refractivity contribution in [3.05, 3.63) is 47.8 Å². The molecule has 0 aliphatic carbocycles. The van der Waals surface area contributed by atoms with Gasteiger partial charge in [-0.1, -0.05) is 45.9 Å². The van der Waals surface area contributed by atoms with E-state index in [-0.39, 0.29) is 5.41 Å². The van der Waals surface area contributed by atoms with Crippen molar-refractivity contribution in [1.29, 1.82) is 0 Å². The molecule has 114 valence electrons. The lowest BCUT2D eigenvalue weighted by molar-refractivity contribution is 0.290. The molecule has 0 radical (unpaired) electrons. The molecule has 3 heteroatoms. The summed E-state index contributed by atoms with van der Waals surface area (Å²) in [5.74, 6) is 0.947. The van der Waals surface area contributed by atoms with E-state index in [0.29, 0.717) is 12.6 Å². The zero-order valence-electron chi connectivity index (χ0n) is 13.8. The molecule has 2 rings (SSSR count). The second-order valence-electron chi connectivity index (χ2n) is 6.58. The van der Waals surface area contributed by atoms with E-state index in [0.717, 1.165) is 17.9 Å². The Morgan fingerprint density at radius 1 is 1.19 bits per heavy atom. The maximum Gasteiger partial charge on any atom is 0.132 e. The molecule has 0 saturated carbocycles. The third kappa shape index (κ3) is 3.87. The summed E-state index contributed by atoms with van der Waals surface area (Å²) >= 11 is 0. The number of benzene rings is 1. The van der Waals surface area contributed by atoms with Crippen LogP contribution in [0.15, 0.2) is 36.5 Å². The highest BCUT2D eigenvalue weighted by atomic mass is 16.5. The molecular weight excluding hydrogens is 260 g/mol. The zero-order chi connectivity index (χ0) is 15.5. The first-order valence-corrected chi connectivity index (χ1v) is 7.68. The van der Waals surface area contributed by atoms with Gasteiger partial charge in [-0.05, 0) is 36.5 Å². The van der Waals surface area contributed by atoms with Crippen molar-refractivity contribution < 1.29 is 4.74 Å². The average Bonchev–Trinajstić information content (AvgIpc) is 2.92. The number of rotatable bonds is 5. The van der Waals surface area contributed by atoms with Gasteiger partial charge in [0.15, 0.2) is 0 Å². The van der Waals surface area contributed by atoms with E-state index in [1.165, 1.54) is 5.56 Å². The number of hydrogen-bond donors (Lipinski definition) is 0. The smallest absolute Gasteiger partial charge is 0.132 e. The lowest BCUT2D eigenvalue weighted by atomic mass is 9.86. The van der Waals surface area contributed by atoms with Gasteiger partial charge >= 0.3 is 0 Å². The predicted octanol–water partition coefficient (Wildman–Crippen LogP) is 4.73. The van der Waals surface area contributed by atoms with Gasteiger partial charge in [0.25, 0.3) is 0 Å². The van der Waals surface area contributed by atoms with Crippen LogP contribution in [0.1, 0.15) is 58.3 Å². The van der Waals surface area contributed by atoms with Crippen molar-refractivity contribution in [2.45, 2.75) is 59.1 Å². The summed E-state index contributed by atoms with van der Waals surface area (Å²) in [6.45, 7) is 11.5. The van der Waals surface area contributed by atoms with Crippen LogP contribution < -0.4 is 4.74 Å². The minimum absolute atomic E-state index is 0.0761. The number of aromatic nitrogens is 2. The minimum Gasteiger partial charge on any atom is -0.487 e. The highest BCUT2D eigenvalue weighted by Gasteiger charge is 2.18. The Labute approximate surface area is 127 Å². The standard InChI is InChI=1S/C18H26N2O/c1-6-14(2)20-12-11-15(19-20)13-21-17-10-8-7-9-16(17)18(3,4)5/h7-12,14H,6,13H2,1-5H3. The highest BCUT2D eigenvalue weighted by molar-refractivity contribution is 5.38. The lowest BCUT2D eigenvalue weighted by Crippen LogP contribution is -2.13. The van der Waals surface area contributed by atoms with E-state index in [2.05, 4.69) is 51.9 Å². The van der Waals surface area contributed by atoms with E-state index in [1.54, 1.807) is 0 Å². The Balaban J connectivity index is 2.09. The molecule has 1 atom stereocenters. The molecule has 0 N–H and O–H groups in total. The van der Waals surface area contributed by atoms with Gasteiger partial charge < -0.3 is 4.74 Å². The summed E-state index contributed by atoms with van der Waals surface area (Å²) in [4.78, 5) is 0. The van der Waals surface area contributed by atoms with Gasteiger partial charge in [0.2, 0.25) is 0 Å². The van der Waals surface area contributed by atoms with E-state index < -0.39 is 0 Å². The molecule has 0 amide bonds. The van der Waals surface area contributed by atoms with Crippen molar-refractivity contribution >= 4 is 0 Å². The van der Waals surface area contributed by atoms with Gasteiger partial charge in [0, 0.05) is 12.2 Å². The van der Waals surface area contributed by atoms with Crippen LogP contribution in [-0.4, -0.2) is 9.78 Å². The first-order chi connectivity index (χ1) is 9.91. The van der Waals surface area contributed by atoms with Crippen molar-refractivity contribution in [3.63, 3.8) is 0 Å². The molecule has 1 unspecified atom stereocenters. The second-order valence-corrected chi connectivity index (χ2v) is 6.58. The zero-order valence-corrected chi connectivity index (χ0v) is 13.8. The van der Waals surface area contributed by atoms with Crippen molar-refractivity contribution in [3.8, 4) is 5.75 Å². The highest BCUT2D eigenvalue weighted by Crippen LogP contribution is 2.31. The van der Waals surface area contributed by atoms with Crippen molar-refractivity contribution in [2.24, 2.45) is 0 Å². The normalized spacial score (nSPS) is 13.2. The molecule has 1 aromatic heterocycles. The molecule has 0 fully saturated rings. The van der Waals surface area contributed by atoms with Crippen LogP contribution in [0.5, 0.6) is 5.75 Å². The molecule has 1 aromatic carbocycles. The molecule has 0 bridgehead atoms. The molecule has 2 aromatic rings. The Morgan fingerprint density at radius 2 is 1.90 bits per heavy atom. The van der Waals surface area contributed by atoms with Crippen LogP contribution in [0.3, 0.4) is 0 Å². The summed E-state index contributed by atoms with van der Waals surface area (Å²) in [5, 5.41) is 4.58. The Kier molecular flexibility index (Phi) is 4.71. The fourth-order valence-electron chi connectivity index (χ4n) is 2.25. The summed E-state index contributed by atoms with van der Waals surface area (Å²) in [6, 6.07) is 10.7. The first kappa shape index (κ1) is 15.6. The summed E-state index contributed by atoms with van der Waals surface area (Å²) in [5.41, 5.74) is 2.28. The lowest BCUT2D eigenvalue weighted by Gasteiger charge is -2.22. The predicted molar refractivity (Wildman–Crippen MR) is 86.7 cm³/mol. The van der Waals surface area contributed by atoms with Gasteiger partial charge in [-0.25, -0.2) is 0 Å². The third-order valence-electron chi connectivity index (χ3n) is 3.78. The quantitative estimate of drug-likeness (QED) is 0.794. The number of para-hydroxylation sites is 1. The van der Waals surface area contributed by atoms with Crippen molar-refractivity contribution in [1.82, 2.24) is 9.78 Å². The fraction of sp³-hybridized carbons (Fsp3) is 0.500. The third-order valence-corrected chi connectivity index (χ3v) is 3.78. The van der Waals surface area contributed by atoms with Gasteiger partial charge in [-0.15, -0.1) is 0 Å². The molecule has 0 saturated heterocycles. The minimum atomic E-state index is 0.0761. The number of nitrogens with zero attached hydrogens (tertiary/aromatic N) is 2. The van der Waals surface area contributed by atoms with Crippen LogP contribution in [0, 0.1) is 0 Å². The fourth-order valence-corrected chi connectivity index (χ4v) is 2.25. The Bertz CT molecular complexity index is 581. The monoisotopic (exact) mass is 286 g/mol. The largest absolute Gasteiger partial charge is 0.487 e. The Hall–Kier alpha value is -1.77. The van der Waals surface area contributed by atoms with Crippen LogP contribution in [-0.2, 0) is 12.0 Å². The number of ether oxygens (including phenoxy) is 1. The van der Waals surface area contributed by atoms with E-state index in [4.69, 9.17) is 4.74 Å². The number of hydrogen-bond acceptors (Lipinski definition) is 2. The average molecular weight is 286 g/mol. The van der Waals surface area contributed by atoms with Crippen LogP contribution in [0.4, 0.5) is 0 Å². The molecule has 0 spiro atoms. The SMILES string of the molecule is CCC(C)n1ccc(COc2ccccc2C(C)(C)C)n1. The molecule has 3 nitrogen and oxygen atoms in total. The van der Waals surface area contributed by atoms with Gasteiger partial charge in [0.1, 0.15) is 12.4 Å². The summed E-state index contributed by atoms with van der Waals surface area (Å²) in [6.07, 6.45) is 3.11. The van der Waals surface area contributed by atoms with Crippen LogP contribution in [0.2, 0.25) is 0 Å². The maximum atomic E-state index is 6.00. The van der Waals surface area contributed by atoms with Gasteiger partial charge in [0.05, 0.1) is 5.69 Å². The van der Waals surface area contributed by atoms with Crippen molar-refractivity contribution in [2.75, 3.05) is 0 Å². The maximum absolute atomic E-state index is 6.00. The summed E-state index contributed by atoms with van der Waals surface area (Å²) < 4.78 is 8.01. The molecule has 21 heavy (non-hydrogen) atoms. The molecule has 1 heterocycles. The van der Waals surface area contributed by atoms with Gasteiger partial charge in [-0.2, -0.15) is 5.10 Å². The van der Waals surface area contributed by atoms with Gasteiger partial charge in [-0.3, -0.25) is 4.68 Å². The van der Waals surface area contributed by atoms with E-state index in [1.807, 2.05) is 29.1 Å². The molecule has 0 aliphatic rings. The van der Waals surface area contributed by atoms with Crippen LogP contribution >= 0.6 is 0 Å². The van der Waals surface area contributed by atoms with E-state index in [9.17, 15) is 0 Å².